The molecule has 0 fully saturated rings. The lowest BCUT2D eigenvalue weighted by atomic mass is 10.1. The number of benzene rings is 3. The van der Waals surface area contributed by atoms with Crippen LogP contribution in [0, 0.1) is 0 Å². The molecule has 0 bridgehead atoms. The summed E-state index contributed by atoms with van der Waals surface area (Å²) in [6, 6.07) is 24.4. The van der Waals surface area contributed by atoms with Crippen molar-refractivity contribution in [3.8, 4) is 17.2 Å². The Morgan fingerprint density at radius 1 is 0.975 bits per heavy atom. The highest BCUT2D eigenvalue weighted by molar-refractivity contribution is 7.09. The molecule has 2 heterocycles. The first kappa shape index (κ1) is 27.6. The van der Waals surface area contributed by atoms with Crippen molar-refractivity contribution >= 4 is 17.2 Å². The smallest absolute Gasteiger partial charge is 0.270 e. The number of ether oxygens (including phenoxy) is 4. The molecule has 0 saturated carbocycles. The van der Waals surface area contributed by atoms with Gasteiger partial charge in [-0.15, -0.1) is 11.3 Å². The lowest BCUT2D eigenvalue weighted by Crippen LogP contribution is -2.26. The van der Waals surface area contributed by atoms with Gasteiger partial charge in [-0.3, -0.25) is 9.69 Å². The minimum Gasteiger partial charge on any atom is -0.489 e. The molecule has 40 heavy (non-hydrogen) atoms. The van der Waals surface area contributed by atoms with Crippen LogP contribution < -0.4 is 19.5 Å². The molecule has 210 valence electrons. The zero-order valence-electron chi connectivity index (χ0n) is 22.5. The standard InChI is InChI=1S/C31H33N3O5S.H2/c1-36-15-5-14-32-31(35)27-21-40-30(33-27)19-34(18-25-10-13-28-29(16-25)39-22-38-28)17-23-8-11-26(12-9-23)37-20-24-6-3-2-4-7-24;/h2-4,6-13,16,21H,5,14-15,17-20,22H2,1H3,(H,32,35);1H. The summed E-state index contributed by atoms with van der Waals surface area (Å²) in [5, 5.41) is 5.60. The Bertz CT molecular complexity index is 1380. The Labute approximate surface area is 240 Å². The predicted octanol–water partition coefficient (Wildman–Crippen LogP) is 5.67. The second-order valence-electron chi connectivity index (χ2n) is 9.48. The normalized spacial score (nSPS) is 12.1. The number of methoxy groups -OCH3 is 1. The van der Waals surface area contributed by atoms with Crippen LogP contribution in [0.1, 0.15) is 40.0 Å². The molecule has 0 aliphatic carbocycles. The Kier molecular flexibility index (Phi) is 9.63. The molecular formula is C31H35N3O5S. The van der Waals surface area contributed by atoms with E-state index in [9.17, 15) is 4.79 Å². The van der Waals surface area contributed by atoms with Gasteiger partial charge in [-0.2, -0.15) is 0 Å². The molecule has 4 aromatic rings. The van der Waals surface area contributed by atoms with E-state index in [4.69, 9.17) is 18.9 Å². The summed E-state index contributed by atoms with van der Waals surface area (Å²) >= 11 is 1.50. The number of hydrogen-bond donors (Lipinski definition) is 1. The van der Waals surface area contributed by atoms with Gasteiger partial charge in [-0.25, -0.2) is 4.98 Å². The van der Waals surface area contributed by atoms with E-state index in [0.717, 1.165) is 45.4 Å². The lowest BCUT2D eigenvalue weighted by molar-refractivity contribution is 0.0944. The molecule has 1 N–H and O–H groups in total. The molecule has 9 heteroatoms. The summed E-state index contributed by atoms with van der Waals surface area (Å²) in [4.78, 5) is 19.4. The van der Waals surface area contributed by atoms with Gasteiger partial charge < -0.3 is 24.3 Å². The third-order valence-electron chi connectivity index (χ3n) is 6.38. The second-order valence-corrected chi connectivity index (χ2v) is 10.4. The summed E-state index contributed by atoms with van der Waals surface area (Å²) in [6.45, 7) is 3.92. The van der Waals surface area contributed by atoms with Crippen molar-refractivity contribution in [3.63, 3.8) is 0 Å². The molecule has 0 spiro atoms. The molecule has 5 rings (SSSR count). The lowest BCUT2D eigenvalue weighted by Gasteiger charge is -2.22. The van der Waals surface area contributed by atoms with Gasteiger partial charge in [0.2, 0.25) is 6.79 Å². The fourth-order valence-corrected chi connectivity index (χ4v) is 5.16. The number of hydrogen-bond acceptors (Lipinski definition) is 8. The van der Waals surface area contributed by atoms with Crippen molar-refractivity contribution < 1.29 is 25.2 Å². The zero-order valence-corrected chi connectivity index (χ0v) is 23.3. The third kappa shape index (κ3) is 7.81. The van der Waals surface area contributed by atoms with Crippen molar-refractivity contribution in [1.29, 1.82) is 0 Å². The van der Waals surface area contributed by atoms with Gasteiger partial charge in [0.1, 0.15) is 23.1 Å². The Morgan fingerprint density at radius 3 is 2.58 bits per heavy atom. The van der Waals surface area contributed by atoms with Gasteiger partial charge in [0.15, 0.2) is 11.5 Å². The monoisotopic (exact) mass is 561 g/mol. The molecular weight excluding hydrogens is 526 g/mol. The van der Waals surface area contributed by atoms with Crippen molar-refractivity contribution in [3.05, 3.63) is 106 Å². The maximum atomic E-state index is 12.5. The summed E-state index contributed by atoms with van der Waals surface area (Å²) in [5.74, 6) is 2.20. The molecule has 0 saturated heterocycles. The number of carbonyl (C=O) groups is 1. The van der Waals surface area contributed by atoms with Crippen molar-refractivity contribution in [2.24, 2.45) is 0 Å². The molecule has 1 amide bonds. The maximum Gasteiger partial charge on any atom is 0.270 e. The number of nitrogens with one attached hydrogen (secondary N) is 1. The molecule has 1 aromatic heterocycles. The van der Waals surface area contributed by atoms with Crippen LogP contribution in [0.3, 0.4) is 0 Å². The Hall–Kier alpha value is -3.92. The molecule has 0 radical (unpaired) electrons. The van der Waals surface area contributed by atoms with Crippen LogP contribution in [0.5, 0.6) is 17.2 Å². The molecule has 3 aromatic carbocycles. The zero-order chi connectivity index (χ0) is 27.6. The first-order chi connectivity index (χ1) is 19.7. The van der Waals surface area contributed by atoms with Crippen LogP contribution in [0.4, 0.5) is 0 Å². The average Bonchev–Trinajstić information content (AvgIpc) is 3.65. The van der Waals surface area contributed by atoms with E-state index in [1.54, 1.807) is 7.11 Å². The fourth-order valence-electron chi connectivity index (χ4n) is 4.34. The number of carbonyl (C=O) groups excluding carboxylic acids is 1. The summed E-state index contributed by atoms with van der Waals surface area (Å²) < 4.78 is 22.1. The molecule has 8 nitrogen and oxygen atoms in total. The first-order valence-corrected chi connectivity index (χ1v) is 14.1. The number of amides is 1. The molecule has 1 aliphatic heterocycles. The quantitative estimate of drug-likeness (QED) is 0.199. The van der Waals surface area contributed by atoms with Gasteiger partial charge in [0.05, 0.1) is 6.54 Å². The molecule has 0 atom stereocenters. The van der Waals surface area contributed by atoms with Gasteiger partial charge in [-0.05, 0) is 47.4 Å². The summed E-state index contributed by atoms with van der Waals surface area (Å²) in [5.41, 5.74) is 3.84. The number of aromatic nitrogens is 1. The first-order valence-electron chi connectivity index (χ1n) is 13.2. The van der Waals surface area contributed by atoms with Gasteiger partial charge in [0.25, 0.3) is 5.91 Å². The van der Waals surface area contributed by atoms with Crippen molar-refractivity contribution in [2.75, 3.05) is 27.1 Å². The van der Waals surface area contributed by atoms with Crippen molar-refractivity contribution in [1.82, 2.24) is 15.2 Å². The van der Waals surface area contributed by atoms with Crippen LogP contribution in [-0.2, 0) is 31.0 Å². The second kappa shape index (κ2) is 13.9. The highest BCUT2D eigenvalue weighted by atomic mass is 32.1. The predicted molar refractivity (Wildman–Crippen MR) is 156 cm³/mol. The van der Waals surface area contributed by atoms with E-state index < -0.39 is 0 Å². The van der Waals surface area contributed by atoms with E-state index in [1.165, 1.54) is 11.3 Å². The highest BCUT2D eigenvalue weighted by Gasteiger charge is 2.17. The van der Waals surface area contributed by atoms with E-state index in [2.05, 4.69) is 45.5 Å². The summed E-state index contributed by atoms with van der Waals surface area (Å²) in [7, 11) is 1.65. The van der Waals surface area contributed by atoms with Gasteiger partial charge in [-0.1, -0.05) is 48.5 Å². The average molecular weight is 562 g/mol. The van der Waals surface area contributed by atoms with Crippen LogP contribution in [0.2, 0.25) is 0 Å². The topological polar surface area (TPSA) is 82.2 Å². The van der Waals surface area contributed by atoms with E-state index >= 15 is 0 Å². The van der Waals surface area contributed by atoms with E-state index in [-0.39, 0.29) is 14.1 Å². The summed E-state index contributed by atoms with van der Waals surface area (Å²) in [6.07, 6.45) is 0.763. The van der Waals surface area contributed by atoms with E-state index in [1.807, 2.05) is 47.8 Å². The fraction of sp³-hybridized carbons (Fsp3) is 0.290. The Balaban J connectivity index is 0.00000387. The molecule has 0 unspecified atom stereocenters. The van der Waals surface area contributed by atoms with Gasteiger partial charge >= 0.3 is 0 Å². The highest BCUT2D eigenvalue weighted by Crippen LogP contribution is 2.33. The Morgan fingerprint density at radius 2 is 1.75 bits per heavy atom. The van der Waals surface area contributed by atoms with Crippen molar-refractivity contribution in [2.45, 2.75) is 32.7 Å². The van der Waals surface area contributed by atoms with Crippen LogP contribution in [0.25, 0.3) is 0 Å². The molecule has 1 aliphatic rings. The maximum absolute atomic E-state index is 12.5. The SMILES string of the molecule is COCCCNC(=O)c1csc(CN(Cc2ccc(OCc3ccccc3)cc2)Cc2ccc3c(c2)OCO3)n1.[HH]. The minimum atomic E-state index is -0.160. The number of nitrogens with zero attached hydrogens (tertiary/aromatic N) is 2. The van der Waals surface area contributed by atoms with Crippen LogP contribution >= 0.6 is 11.3 Å². The number of rotatable bonds is 14. The third-order valence-corrected chi connectivity index (χ3v) is 7.21. The van der Waals surface area contributed by atoms with Crippen LogP contribution in [0.15, 0.2) is 78.2 Å². The largest absolute Gasteiger partial charge is 0.489 e. The number of thiazole rings is 1. The van der Waals surface area contributed by atoms with Crippen LogP contribution in [-0.4, -0.2) is 42.8 Å². The van der Waals surface area contributed by atoms with Gasteiger partial charge in [0, 0.05) is 40.2 Å². The van der Waals surface area contributed by atoms with E-state index in [0.29, 0.717) is 45.1 Å². The minimum absolute atomic E-state index is 0. The number of fused-ring (bicyclic) bond motifs is 1.